The van der Waals surface area contributed by atoms with Crippen LogP contribution in [0.3, 0.4) is 0 Å². The van der Waals surface area contributed by atoms with E-state index in [-0.39, 0.29) is 11.6 Å². The number of rotatable bonds is 4. The summed E-state index contributed by atoms with van der Waals surface area (Å²) >= 11 is 0. The van der Waals surface area contributed by atoms with Crippen LogP contribution in [-0.2, 0) is 12.8 Å². The molecule has 0 radical (unpaired) electrons. The van der Waals surface area contributed by atoms with E-state index < -0.39 is 5.82 Å². The fraction of sp³-hybridized carbons (Fsp3) is 0.227. The molecule has 4 aromatic rings. The number of aryl methyl sites for hydroxylation is 2. The van der Waals surface area contributed by atoms with Crippen molar-refractivity contribution >= 4 is 11.6 Å². The third-order valence-electron chi connectivity index (χ3n) is 5.55. The monoisotopic (exact) mass is 417 g/mol. The highest BCUT2D eigenvalue weighted by molar-refractivity contribution is 6.04. The molecule has 0 spiro atoms. The minimum atomic E-state index is -0.488. The number of hydrogen-bond acceptors (Lipinski definition) is 5. The molecule has 1 N–H and O–H groups in total. The standard InChI is InChI=1S/C22H20FN7O/c1-13-6-3-4-8-18(13)30-19-9-5-7-16(19)21(26-30)22(31)24-15-10-11-17(23)20(12-15)29-14(2)25-27-28-29/h3-4,6,8,10-12H,5,7,9H2,1-2H3,(H,24,31). The zero-order chi connectivity index (χ0) is 21.5. The van der Waals surface area contributed by atoms with Gasteiger partial charge in [0.05, 0.1) is 5.69 Å². The van der Waals surface area contributed by atoms with Gasteiger partial charge in [0.15, 0.2) is 11.5 Å². The topological polar surface area (TPSA) is 90.5 Å². The third kappa shape index (κ3) is 3.27. The highest BCUT2D eigenvalue weighted by atomic mass is 19.1. The molecule has 0 aliphatic heterocycles. The molecule has 1 amide bonds. The number of nitrogens with zero attached hydrogens (tertiary/aromatic N) is 6. The molecule has 2 heterocycles. The van der Waals surface area contributed by atoms with E-state index >= 15 is 0 Å². The first-order chi connectivity index (χ1) is 15.0. The van der Waals surface area contributed by atoms with Gasteiger partial charge in [0.2, 0.25) is 0 Å². The van der Waals surface area contributed by atoms with E-state index in [1.54, 1.807) is 6.92 Å². The van der Waals surface area contributed by atoms with E-state index in [0.717, 1.165) is 41.8 Å². The Balaban J connectivity index is 1.49. The van der Waals surface area contributed by atoms with Crippen molar-refractivity contribution in [2.45, 2.75) is 33.1 Å². The molecule has 5 rings (SSSR count). The lowest BCUT2D eigenvalue weighted by atomic mass is 10.1. The van der Waals surface area contributed by atoms with Crippen LogP contribution in [0.2, 0.25) is 0 Å². The normalized spacial score (nSPS) is 12.7. The van der Waals surface area contributed by atoms with Crippen LogP contribution in [-0.4, -0.2) is 35.9 Å². The lowest BCUT2D eigenvalue weighted by Gasteiger charge is -2.09. The van der Waals surface area contributed by atoms with Gasteiger partial charge < -0.3 is 5.32 Å². The highest BCUT2D eigenvalue weighted by Gasteiger charge is 2.27. The van der Waals surface area contributed by atoms with Crippen molar-refractivity contribution in [2.24, 2.45) is 0 Å². The maximum absolute atomic E-state index is 14.3. The third-order valence-corrected chi connectivity index (χ3v) is 5.55. The van der Waals surface area contributed by atoms with E-state index in [4.69, 9.17) is 0 Å². The van der Waals surface area contributed by atoms with Gasteiger partial charge in [-0.1, -0.05) is 18.2 Å². The summed E-state index contributed by atoms with van der Waals surface area (Å²) in [6.45, 7) is 3.70. The largest absolute Gasteiger partial charge is 0.321 e. The van der Waals surface area contributed by atoms with Crippen molar-refractivity contribution in [3.8, 4) is 11.4 Å². The summed E-state index contributed by atoms with van der Waals surface area (Å²) in [5.74, 6) is -0.369. The van der Waals surface area contributed by atoms with Crippen LogP contribution < -0.4 is 5.32 Å². The molecular weight excluding hydrogens is 397 g/mol. The molecule has 8 nitrogen and oxygen atoms in total. The average Bonchev–Trinajstić information content (AvgIpc) is 3.47. The first-order valence-corrected chi connectivity index (χ1v) is 10.1. The summed E-state index contributed by atoms with van der Waals surface area (Å²) in [4.78, 5) is 13.1. The summed E-state index contributed by atoms with van der Waals surface area (Å²) < 4.78 is 17.5. The molecule has 0 fully saturated rings. The number of fused-ring (bicyclic) bond motifs is 1. The van der Waals surface area contributed by atoms with Gasteiger partial charge in [-0.25, -0.2) is 9.07 Å². The quantitative estimate of drug-likeness (QED) is 0.550. The Morgan fingerprint density at radius 1 is 1.06 bits per heavy atom. The summed E-state index contributed by atoms with van der Waals surface area (Å²) in [6, 6.07) is 12.3. The van der Waals surface area contributed by atoms with E-state index in [9.17, 15) is 9.18 Å². The van der Waals surface area contributed by atoms with Gasteiger partial charge in [-0.05, 0) is 73.4 Å². The Kier molecular flexibility index (Phi) is 4.58. The molecule has 0 atom stereocenters. The lowest BCUT2D eigenvalue weighted by molar-refractivity contribution is 0.102. The minimum Gasteiger partial charge on any atom is -0.321 e. The van der Waals surface area contributed by atoms with E-state index in [1.807, 2.05) is 35.9 Å². The molecule has 0 saturated heterocycles. The smallest absolute Gasteiger partial charge is 0.276 e. The fourth-order valence-electron chi connectivity index (χ4n) is 4.02. The van der Waals surface area contributed by atoms with Crippen LogP contribution in [0.5, 0.6) is 0 Å². The van der Waals surface area contributed by atoms with Gasteiger partial charge in [0, 0.05) is 16.9 Å². The molecule has 1 aliphatic carbocycles. The number of carbonyl (C=O) groups is 1. The van der Waals surface area contributed by atoms with Gasteiger partial charge >= 0.3 is 0 Å². The molecule has 9 heteroatoms. The molecule has 31 heavy (non-hydrogen) atoms. The van der Waals surface area contributed by atoms with E-state index in [1.165, 1.54) is 22.9 Å². The SMILES string of the molecule is Cc1ccccc1-n1nc(C(=O)Nc2ccc(F)c(-n3nnnc3C)c2)c2c1CCC2. The van der Waals surface area contributed by atoms with Crippen LogP contribution in [0.15, 0.2) is 42.5 Å². The summed E-state index contributed by atoms with van der Waals surface area (Å²) in [5, 5.41) is 18.7. The number of halogens is 1. The Morgan fingerprint density at radius 3 is 2.68 bits per heavy atom. The predicted octanol–water partition coefficient (Wildman–Crippen LogP) is 3.34. The van der Waals surface area contributed by atoms with Gasteiger partial charge in [0.25, 0.3) is 5.91 Å². The first-order valence-electron chi connectivity index (χ1n) is 10.1. The second-order valence-corrected chi connectivity index (χ2v) is 7.58. The zero-order valence-electron chi connectivity index (χ0n) is 17.1. The molecule has 156 valence electrons. The molecule has 2 aromatic heterocycles. The summed E-state index contributed by atoms with van der Waals surface area (Å²) in [5.41, 5.74) is 5.11. The lowest BCUT2D eigenvalue weighted by Crippen LogP contribution is -2.15. The molecule has 2 aromatic carbocycles. The Labute approximate surface area is 177 Å². The van der Waals surface area contributed by atoms with Crippen molar-refractivity contribution in [1.29, 1.82) is 0 Å². The number of tetrazole rings is 1. The van der Waals surface area contributed by atoms with Crippen molar-refractivity contribution in [1.82, 2.24) is 30.0 Å². The molecule has 1 aliphatic rings. The van der Waals surface area contributed by atoms with Gasteiger partial charge in [-0.2, -0.15) is 9.78 Å². The number of hydrogen-bond donors (Lipinski definition) is 1. The number of benzene rings is 2. The maximum Gasteiger partial charge on any atom is 0.276 e. The minimum absolute atomic E-state index is 0.163. The first kappa shape index (κ1) is 19.1. The number of amides is 1. The molecule has 0 unspecified atom stereocenters. The predicted molar refractivity (Wildman–Crippen MR) is 112 cm³/mol. The number of aromatic nitrogens is 6. The maximum atomic E-state index is 14.3. The highest BCUT2D eigenvalue weighted by Crippen LogP contribution is 2.29. The van der Waals surface area contributed by atoms with Crippen molar-refractivity contribution in [2.75, 3.05) is 5.32 Å². The fourth-order valence-corrected chi connectivity index (χ4v) is 4.02. The van der Waals surface area contributed by atoms with Crippen LogP contribution in [0, 0.1) is 19.7 Å². The number of para-hydroxylation sites is 1. The summed E-state index contributed by atoms with van der Waals surface area (Å²) in [6.07, 6.45) is 2.67. The van der Waals surface area contributed by atoms with Crippen LogP contribution in [0.25, 0.3) is 11.4 Å². The van der Waals surface area contributed by atoms with Gasteiger partial charge in [0.1, 0.15) is 11.5 Å². The molecule has 0 bridgehead atoms. The van der Waals surface area contributed by atoms with E-state index in [2.05, 4.69) is 25.9 Å². The van der Waals surface area contributed by atoms with Crippen molar-refractivity contribution < 1.29 is 9.18 Å². The van der Waals surface area contributed by atoms with Crippen molar-refractivity contribution in [3.63, 3.8) is 0 Å². The number of anilines is 1. The van der Waals surface area contributed by atoms with Gasteiger partial charge in [-0.3, -0.25) is 4.79 Å². The van der Waals surface area contributed by atoms with Crippen LogP contribution >= 0.6 is 0 Å². The van der Waals surface area contributed by atoms with Crippen LogP contribution in [0.4, 0.5) is 10.1 Å². The Bertz CT molecular complexity index is 1310. The second-order valence-electron chi connectivity index (χ2n) is 7.58. The van der Waals surface area contributed by atoms with E-state index in [0.29, 0.717) is 17.2 Å². The molecular formula is C22H20FN7O. The molecule has 0 saturated carbocycles. The average molecular weight is 417 g/mol. The number of nitrogens with one attached hydrogen (secondary N) is 1. The zero-order valence-corrected chi connectivity index (χ0v) is 17.1. The number of carbonyl (C=O) groups excluding carboxylic acids is 1. The summed E-state index contributed by atoms with van der Waals surface area (Å²) in [7, 11) is 0. The second kappa shape index (κ2) is 7.42. The van der Waals surface area contributed by atoms with Crippen LogP contribution in [0.1, 0.15) is 39.6 Å². The van der Waals surface area contributed by atoms with Gasteiger partial charge in [-0.15, -0.1) is 5.10 Å². The van der Waals surface area contributed by atoms with Crippen molar-refractivity contribution in [3.05, 3.63) is 76.6 Å². The Morgan fingerprint density at radius 2 is 1.90 bits per heavy atom. The Hall–Kier alpha value is -3.88.